The molecule has 0 aliphatic carbocycles. The molecule has 0 aliphatic rings. The molecule has 0 heterocycles. The number of nitrogens with zero attached hydrogens (tertiary/aromatic N) is 1. The Bertz CT molecular complexity index is 611. The molecule has 0 radical (unpaired) electrons. The predicted molar refractivity (Wildman–Crippen MR) is 76.3 cm³/mol. The van der Waals surface area contributed by atoms with Gasteiger partial charge in [-0.25, -0.2) is 4.83 Å². The number of carbonyl (C=O) groups excluding carboxylic acids is 1. The maximum absolute atomic E-state index is 11.9. The quantitative estimate of drug-likeness (QED) is 0.385. The number of alkyl halides is 1. The molecule has 1 N–H and O–H groups in total. The van der Waals surface area contributed by atoms with Gasteiger partial charge in [0.2, 0.25) is 0 Å². The summed E-state index contributed by atoms with van der Waals surface area (Å²) in [6.45, 7) is 3.27. The monoisotopic (exact) mass is 318 g/mol. The SMILES string of the molecule is COC(=O)C(Cl)/C(C)=N\NS(=O)(=O)c1ccc(C)cc1. The number of sulfonamides is 1. The Morgan fingerprint density at radius 2 is 1.90 bits per heavy atom. The van der Waals surface area contributed by atoms with Crippen LogP contribution in [-0.4, -0.2) is 32.6 Å². The van der Waals surface area contributed by atoms with Crippen LogP contribution in [0.2, 0.25) is 0 Å². The van der Waals surface area contributed by atoms with Crippen molar-refractivity contribution in [3.63, 3.8) is 0 Å². The number of esters is 1. The molecule has 8 heteroatoms. The van der Waals surface area contributed by atoms with Crippen LogP contribution in [-0.2, 0) is 19.6 Å². The summed E-state index contributed by atoms with van der Waals surface area (Å²) < 4.78 is 28.3. The fourth-order valence-corrected chi connectivity index (χ4v) is 2.23. The van der Waals surface area contributed by atoms with Crippen LogP contribution in [0.25, 0.3) is 0 Å². The van der Waals surface area contributed by atoms with Gasteiger partial charge in [-0.3, -0.25) is 4.79 Å². The number of aryl methyl sites for hydroxylation is 1. The highest BCUT2D eigenvalue weighted by Gasteiger charge is 2.20. The Kier molecular flexibility index (Phi) is 5.52. The average Bonchev–Trinajstić information content (AvgIpc) is 2.43. The van der Waals surface area contributed by atoms with Gasteiger partial charge in [0.1, 0.15) is 0 Å². The van der Waals surface area contributed by atoms with Gasteiger partial charge in [0, 0.05) is 0 Å². The molecule has 0 bridgehead atoms. The van der Waals surface area contributed by atoms with Crippen molar-refractivity contribution in [2.45, 2.75) is 24.1 Å². The number of nitrogens with one attached hydrogen (secondary N) is 1. The summed E-state index contributed by atoms with van der Waals surface area (Å²) in [5.74, 6) is -0.706. The minimum atomic E-state index is -3.79. The molecule has 20 heavy (non-hydrogen) atoms. The van der Waals surface area contributed by atoms with Gasteiger partial charge < -0.3 is 4.74 Å². The van der Waals surface area contributed by atoms with Crippen LogP contribution in [0, 0.1) is 6.92 Å². The van der Waals surface area contributed by atoms with Crippen molar-refractivity contribution in [1.82, 2.24) is 4.83 Å². The van der Waals surface area contributed by atoms with E-state index in [0.29, 0.717) is 0 Å². The third kappa shape index (κ3) is 4.21. The fraction of sp³-hybridized carbons (Fsp3) is 0.333. The molecule has 0 fully saturated rings. The molecule has 1 aromatic carbocycles. The third-order valence-corrected chi connectivity index (χ3v) is 4.17. The molecular weight excluding hydrogens is 304 g/mol. The van der Waals surface area contributed by atoms with Crippen LogP contribution in [0.5, 0.6) is 0 Å². The average molecular weight is 319 g/mol. The lowest BCUT2D eigenvalue weighted by Gasteiger charge is -2.08. The Morgan fingerprint density at radius 1 is 1.35 bits per heavy atom. The Hall–Kier alpha value is -1.60. The van der Waals surface area contributed by atoms with Gasteiger partial charge in [0.15, 0.2) is 5.38 Å². The zero-order valence-corrected chi connectivity index (χ0v) is 12.8. The number of hydrogen-bond donors (Lipinski definition) is 1. The zero-order valence-electron chi connectivity index (χ0n) is 11.3. The molecular formula is C12H15ClN2O4S. The van der Waals surface area contributed by atoms with E-state index in [1.165, 1.54) is 26.2 Å². The molecule has 0 saturated heterocycles. The van der Waals surface area contributed by atoms with E-state index in [4.69, 9.17) is 11.6 Å². The van der Waals surface area contributed by atoms with Gasteiger partial charge >= 0.3 is 5.97 Å². The number of methoxy groups -OCH3 is 1. The second-order valence-corrected chi connectivity index (χ2v) is 6.14. The molecule has 0 amide bonds. The molecule has 0 saturated carbocycles. The molecule has 0 aromatic heterocycles. The van der Waals surface area contributed by atoms with Gasteiger partial charge in [-0.05, 0) is 26.0 Å². The van der Waals surface area contributed by atoms with Gasteiger partial charge in [-0.15, -0.1) is 11.6 Å². The van der Waals surface area contributed by atoms with Crippen molar-refractivity contribution < 1.29 is 17.9 Å². The molecule has 1 rings (SSSR count). The van der Waals surface area contributed by atoms with Crippen LogP contribution in [0.4, 0.5) is 0 Å². The molecule has 1 unspecified atom stereocenters. The first kappa shape index (κ1) is 16.5. The van der Waals surface area contributed by atoms with Crippen molar-refractivity contribution in [3.05, 3.63) is 29.8 Å². The highest BCUT2D eigenvalue weighted by molar-refractivity contribution is 7.89. The summed E-state index contributed by atoms with van der Waals surface area (Å²) in [6, 6.07) is 6.26. The lowest BCUT2D eigenvalue weighted by molar-refractivity contribution is -0.138. The van der Waals surface area contributed by atoms with Crippen LogP contribution in [0.15, 0.2) is 34.3 Å². The standard InChI is InChI=1S/C12H15ClN2O4S/c1-8-4-6-10(7-5-8)20(17,18)15-14-9(2)11(13)12(16)19-3/h4-7,11,15H,1-3H3/b14-9-. The number of rotatable bonds is 5. The number of hydrogen-bond acceptors (Lipinski definition) is 5. The van der Waals surface area contributed by atoms with E-state index in [9.17, 15) is 13.2 Å². The molecule has 6 nitrogen and oxygen atoms in total. The minimum Gasteiger partial charge on any atom is -0.468 e. The summed E-state index contributed by atoms with van der Waals surface area (Å²) in [6.07, 6.45) is 0. The number of hydrazone groups is 1. The Balaban J connectivity index is 2.87. The van der Waals surface area contributed by atoms with Crippen LogP contribution in [0.3, 0.4) is 0 Å². The van der Waals surface area contributed by atoms with Gasteiger partial charge in [-0.2, -0.15) is 13.5 Å². The first-order valence-corrected chi connectivity index (χ1v) is 7.54. The van der Waals surface area contributed by atoms with E-state index in [0.717, 1.165) is 5.56 Å². The maximum atomic E-state index is 11.9. The van der Waals surface area contributed by atoms with Crippen molar-refractivity contribution in [2.75, 3.05) is 7.11 Å². The lowest BCUT2D eigenvalue weighted by atomic mass is 10.2. The van der Waals surface area contributed by atoms with E-state index >= 15 is 0 Å². The van der Waals surface area contributed by atoms with Crippen molar-refractivity contribution in [1.29, 1.82) is 0 Å². The summed E-state index contributed by atoms with van der Waals surface area (Å²) in [5.41, 5.74) is 1.03. The largest absolute Gasteiger partial charge is 0.468 e. The topological polar surface area (TPSA) is 84.8 Å². The second-order valence-electron chi connectivity index (χ2n) is 4.05. The maximum Gasteiger partial charge on any atom is 0.329 e. The van der Waals surface area contributed by atoms with Gasteiger partial charge in [0.05, 0.1) is 17.7 Å². The number of halogens is 1. The summed E-state index contributed by atoms with van der Waals surface area (Å²) >= 11 is 5.74. The number of carbonyl (C=O) groups is 1. The minimum absolute atomic E-state index is 0.0730. The molecule has 1 aromatic rings. The predicted octanol–water partition coefficient (Wildman–Crippen LogP) is 1.43. The van der Waals surface area contributed by atoms with Crippen LogP contribution in [0.1, 0.15) is 12.5 Å². The smallest absolute Gasteiger partial charge is 0.329 e. The van der Waals surface area contributed by atoms with E-state index in [-0.39, 0.29) is 10.6 Å². The van der Waals surface area contributed by atoms with Crippen LogP contribution < -0.4 is 4.83 Å². The second kappa shape index (κ2) is 6.71. The van der Waals surface area contributed by atoms with Crippen molar-refractivity contribution >= 4 is 33.3 Å². The van der Waals surface area contributed by atoms with Crippen LogP contribution >= 0.6 is 11.6 Å². The fourth-order valence-electron chi connectivity index (χ4n) is 1.23. The Morgan fingerprint density at radius 3 is 2.40 bits per heavy atom. The summed E-state index contributed by atoms with van der Waals surface area (Å²) in [7, 11) is -2.60. The summed E-state index contributed by atoms with van der Waals surface area (Å²) in [5, 5.41) is 2.47. The lowest BCUT2D eigenvalue weighted by Crippen LogP contribution is -2.27. The van der Waals surface area contributed by atoms with Crippen molar-refractivity contribution in [2.24, 2.45) is 5.10 Å². The zero-order chi connectivity index (χ0) is 15.3. The third-order valence-electron chi connectivity index (χ3n) is 2.45. The van der Waals surface area contributed by atoms with E-state index in [1.54, 1.807) is 12.1 Å². The molecule has 0 spiro atoms. The van der Waals surface area contributed by atoms with E-state index in [1.807, 2.05) is 11.8 Å². The highest BCUT2D eigenvalue weighted by Crippen LogP contribution is 2.10. The normalized spacial score (nSPS) is 13.7. The van der Waals surface area contributed by atoms with Gasteiger partial charge in [-0.1, -0.05) is 17.7 Å². The molecule has 110 valence electrons. The number of benzene rings is 1. The van der Waals surface area contributed by atoms with E-state index < -0.39 is 21.4 Å². The highest BCUT2D eigenvalue weighted by atomic mass is 35.5. The first-order chi connectivity index (χ1) is 9.27. The molecule has 1 atom stereocenters. The van der Waals surface area contributed by atoms with Gasteiger partial charge in [0.25, 0.3) is 10.0 Å². The Labute approximate surface area is 122 Å². The number of ether oxygens (including phenoxy) is 1. The first-order valence-electron chi connectivity index (χ1n) is 5.62. The van der Waals surface area contributed by atoms with E-state index in [2.05, 4.69) is 9.84 Å². The molecule has 0 aliphatic heterocycles. The summed E-state index contributed by atoms with van der Waals surface area (Å²) in [4.78, 5) is 13.3. The van der Waals surface area contributed by atoms with Crippen molar-refractivity contribution in [3.8, 4) is 0 Å².